The molecule has 0 spiro atoms. The molecule has 0 fully saturated rings. The number of fused-ring (bicyclic) bond motifs is 5. The second-order valence-corrected chi connectivity index (χ2v) is 14.3. The molecule has 5 aromatic rings. The Bertz CT molecular complexity index is 1980. The van der Waals surface area contributed by atoms with Crippen molar-refractivity contribution in [2.24, 2.45) is 0 Å². The van der Waals surface area contributed by atoms with Crippen LogP contribution in [0, 0.1) is 0 Å². The maximum atomic E-state index is 2.54. The lowest BCUT2D eigenvalue weighted by Crippen LogP contribution is -2.26. The fourth-order valence-corrected chi connectivity index (χ4v) is 8.06. The van der Waals surface area contributed by atoms with Crippen molar-refractivity contribution in [2.75, 3.05) is 14.1 Å². The lowest BCUT2D eigenvalue weighted by molar-refractivity contribution is -0.401. The van der Waals surface area contributed by atoms with Crippen molar-refractivity contribution in [1.82, 2.24) is 4.57 Å². The number of hydrogen-bond acceptors (Lipinski definition) is 0. The lowest BCUT2D eigenvalue weighted by atomic mass is 9.81. The van der Waals surface area contributed by atoms with Crippen LogP contribution in [0.25, 0.3) is 34.0 Å². The molecule has 0 saturated heterocycles. The Morgan fingerprint density at radius 3 is 1.48 bits per heavy atom. The van der Waals surface area contributed by atoms with Crippen molar-refractivity contribution in [1.29, 1.82) is 0 Å². The van der Waals surface area contributed by atoms with Gasteiger partial charge in [-0.3, -0.25) is 0 Å². The third kappa shape index (κ3) is 4.80. The van der Waals surface area contributed by atoms with Crippen molar-refractivity contribution >= 4 is 56.8 Å². The topological polar surface area (TPSA) is 10.9 Å². The predicted octanol–water partition coefficient (Wildman–Crippen LogP) is 10.4. The van der Waals surface area contributed by atoms with Crippen molar-refractivity contribution in [3.05, 3.63) is 119 Å². The van der Waals surface area contributed by atoms with Crippen LogP contribution in [0.5, 0.6) is 0 Å². The SMILES string of the molecule is CCCCCn1c2ccc(/C=C/C3=[N+](C)c4ccccc4C3(C)C)cc2c2cc(/C=C/C3=[N+](C)c4ccccc4C3(C)C)ccc21. The summed E-state index contributed by atoms with van der Waals surface area (Å²) >= 11 is 0. The van der Waals surface area contributed by atoms with Gasteiger partial charge in [-0.2, -0.15) is 9.15 Å². The van der Waals surface area contributed by atoms with Gasteiger partial charge in [0.25, 0.3) is 0 Å². The Labute approximate surface area is 274 Å². The van der Waals surface area contributed by atoms with Gasteiger partial charge in [0, 0.05) is 63.8 Å². The summed E-state index contributed by atoms with van der Waals surface area (Å²) in [5.41, 5.74) is 13.1. The Morgan fingerprint density at radius 2 is 1.04 bits per heavy atom. The normalized spacial score (nSPS) is 16.9. The minimum absolute atomic E-state index is 0.0379. The number of hydrogen-bond donors (Lipinski definition) is 0. The predicted molar refractivity (Wildman–Crippen MR) is 198 cm³/mol. The Hall–Kier alpha value is -4.50. The van der Waals surface area contributed by atoms with E-state index in [-0.39, 0.29) is 10.8 Å². The zero-order valence-electron chi connectivity index (χ0n) is 28.6. The van der Waals surface area contributed by atoms with Crippen LogP contribution in [0.2, 0.25) is 0 Å². The van der Waals surface area contributed by atoms with Crippen molar-refractivity contribution in [3.8, 4) is 0 Å². The van der Waals surface area contributed by atoms with E-state index in [1.807, 2.05) is 0 Å². The number of nitrogens with zero attached hydrogens (tertiary/aromatic N) is 3. The van der Waals surface area contributed by atoms with E-state index >= 15 is 0 Å². The van der Waals surface area contributed by atoms with Crippen LogP contribution in [0.3, 0.4) is 0 Å². The second-order valence-electron chi connectivity index (χ2n) is 14.3. The first-order chi connectivity index (χ1) is 22.1. The van der Waals surface area contributed by atoms with Gasteiger partial charge in [-0.05, 0) is 81.7 Å². The fourth-order valence-electron chi connectivity index (χ4n) is 8.06. The molecule has 0 unspecified atom stereocenters. The molecular weight excluding hydrogens is 558 g/mol. The van der Waals surface area contributed by atoms with Crippen LogP contribution in [-0.4, -0.2) is 39.2 Å². The highest BCUT2D eigenvalue weighted by Crippen LogP contribution is 2.41. The Morgan fingerprint density at radius 1 is 0.587 bits per heavy atom. The molecule has 232 valence electrons. The number of para-hydroxylation sites is 2. The zero-order valence-corrected chi connectivity index (χ0v) is 28.6. The minimum atomic E-state index is -0.0379. The largest absolute Gasteiger partial charge is 0.340 e. The monoisotopic (exact) mass is 605 g/mol. The molecule has 2 aliphatic rings. The maximum Gasteiger partial charge on any atom is 0.209 e. The van der Waals surface area contributed by atoms with Gasteiger partial charge in [0.2, 0.25) is 11.4 Å². The first-order valence-corrected chi connectivity index (χ1v) is 17.0. The lowest BCUT2D eigenvalue weighted by Gasteiger charge is -2.15. The zero-order chi connectivity index (χ0) is 32.2. The van der Waals surface area contributed by atoms with E-state index in [0.717, 1.165) is 6.54 Å². The fraction of sp³-hybridized carbons (Fsp3) is 0.302. The van der Waals surface area contributed by atoms with Gasteiger partial charge < -0.3 is 4.57 Å². The third-order valence-electron chi connectivity index (χ3n) is 10.6. The molecule has 3 heterocycles. The van der Waals surface area contributed by atoms with Gasteiger partial charge in [0.1, 0.15) is 14.1 Å². The van der Waals surface area contributed by atoms with Gasteiger partial charge >= 0.3 is 0 Å². The molecule has 0 bridgehead atoms. The summed E-state index contributed by atoms with van der Waals surface area (Å²) in [6.45, 7) is 12.7. The number of allylic oxidation sites excluding steroid dienone is 2. The van der Waals surface area contributed by atoms with Gasteiger partial charge in [-0.15, -0.1) is 0 Å². The minimum Gasteiger partial charge on any atom is -0.340 e. The average molecular weight is 606 g/mol. The summed E-state index contributed by atoms with van der Waals surface area (Å²) in [6, 6.07) is 31.6. The molecule has 0 aliphatic carbocycles. The van der Waals surface area contributed by atoms with E-state index in [1.54, 1.807) is 0 Å². The molecule has 0 N–H and O–H groups in total. The molecule has 2 aliphatic heterocycles. The smallest absolute Gasteiger partial charge is 0.209 e. The molecular formula is C43H47N3+2. The van der Waals surface area contributed by atoms with Crippen molar-refractivity contribution < 1.29 is 9.15 Å². The van der Waals surface area contributed by atoms with E-state index in [2.05, 4.69) is 172 Å². The van der Waals surface area contributed by atoms with Crippen LogP contribution in [0.1, 0.15) is 76.1 Å². The number of aryl methyl sites for hydroxylation is 1. The molecule has 0 atom stereocenters. The standard InChI is InChI=1S/C43H47N3/c1-8-9-14-27-46-36-23-19-30(21-25-40-42(2,3)34-15-10-12-17-38(34)44(40)6)28-32(36)33-29-31(20-24-37(33)46)22-26-41-43(4,5)35-16-11-13-18-39(35)45(41)7/h10-13,15-26,28-29H,8-9,14,27H2,1-7H3/q+2. The van der Waals surface area contributed by atoms with Gasteiger partial charge in [-0.25, -0.2) is 0 Å². The molecule has 0 saturated carbocycles. The van der Waals surface area contributed by atoms with Gasteiger partial charge in [-0.1, -0.05) is 68.3 Å². The van der Waals surface area contributed by atoms with E-state index in [4.69, 9.17) is 0 Å². The number of aromatic nitrogens is 1. The maximum absolute atomic E-state index is 2.54. The highest BCUT2D eigenvalue weighted by atomic mass is 15.0. The van der Waals surface area contributed by atoms with Gasteiger partial charge in [0.05, 0.1) is 10.8 Å². The summed E-state index contributed by atoms with van der Waals surface area (Å²) in [5, 5.41) is 2.66. The highest BCUT2D eigenvalue weighted by Gasteiger charge is 2.43. The molecule has 7 rings (SSSR count). The molecule has 1 aromatic heterocycles. The third-order valence-corrected chi connectivity index (χ3v) is 10.6. The van der Waals surface area contributed by atoms with Crippen LogP contribution >= 0.6 is 0 Å². The van der Waals surface area contributed by atoms with Crippen LogP contribution in [0.15, 0.2) is 97.1 Å². The van der Waals surface area contributed by atoms with Crippen LogP contribution < -0.4 is 0 Å². The van der Waals surface area contributed by atoms with E-state index in [0.29, 0.717) is 0 Å². The van der Waals surface area contributed by atoms with Crippen LogP contribution in [-0.2, 0) is 17.4 Å². The van der Waals surface area contributed by atoms with E-state index < -0.39 is 0 Å². The summed E-state index contributed by atoms with van der Waals surface area (Å²) in [4.78, 5) is 0. The Kier molecular flexibility index (Phi) is 7.47. The summed E-state index contributed by atoms with van der Waals surface area (Å²) in [5.74, 6) is 0. The Balaban J connectivity index is 1.28. The number of rotatable bonds is 8. The molecule has 3 nitrogen and oxygen atoms in total. The molecule has 46 heavy (non-hydrogen) atoms. The first kappa shape index (κ1) is 30.2. The molecule has 3 heteroatoms. The number of benzene rings is 4. The van der Waals surface area contributed by atoms with Crippen molar-refractivity contribution in [3.63, 3.8) is 0 Å². The summed E-state index contributed by atoms with van der Waals surface area (Å²) in [6.07, 6.45) is 12.9. The first-order valence-electron chi connectivity index (χ1n) is 17.0. The molecule has 0 amide bonds. The molecule has 4 aromatic carbocycles. The second kappa shape index (κ2) is 11.4. The summed E-state index contributed by atoms with van der Waals surface area (Å²) in [7, 11) is 4.38. The van der Waals surface area contributed by atoms with Crippen LogP contribution in [0.4, 0.5) is 11.4 Å². The average Bonchev–Trinajstić information content (AvgIpc) is 3.54. The van der Waals surface area contributed by atoms with Gasteiger partial charge in [0.15, 0.2) is 11.4 Å². The molecule has 0 radical (unpaired) electrons. The van der Waals surface area contributed by atoms with E-state index in [1.165, 1.54) is 86.1 Å². The number of unbranched alkanes of at least 4 members (excludes halogenated alkanes) is 2. The summed E-state index contributed by atoms with van der Waals surface area (Å²) < 4.78 is 7.24. The quantitative estimate of drug-likeness (QED) is 0.123. The van der Waals surface area contributed by atoms with Crippen molar-refractivity contribution in [2.45, 2.75) is 71.3 Å². The highest BCUT2D eigenvalue weighted by molar-refractivity contribution is 6.11. The van der Waals surface area contributed by atoms with E-state index in [9.17, 15) is 0 Å².